The first-order valence-electron chi connectivity index (χ1n) is 9.61. The van der Waals surface area contributed by atoms with Crippen LogP contribution >= 0.6 is 0 Å². The molecular weight excluding hydrogens is 357 g/mol. The summed E-state index contributed by atoms with van der Waals surface area (Å²) in [5, 5.41) is 0. The molecule has 0 aromatic heterocycles. The number of primary amides is 1. The maximum atomic E-state index is 14.3. The Balaban J connectivity index is 1.79. The Morgan fingerprint density at radius 2 is 1.75 bits per heavy atom. The Labute approximate surface area is 164 Å². The van der Waals surface area contributed by atoms with E-state index in [0.29, 0.717) is 5.56 Å². The van der Waals surface area contributed by atoms with Crippen molar-refractivity contribution in [2.24, 2.45) is 5.73 Å². The lowest BCUT2D eigenvalue weighted by Gasteiger charge is -2.32. The molecule has 3 rings (SSSR count). The van der Waals surface area contributed by atoms with Gasteiger partial charge in [0.25, 0.3) is 0 Å². The summed E-state index contributed by atoms with van der Waals surface area (Å²) in [5.41, 5.74) is 6.60. The van der Waals surface area contributed by atoms with Gasteiger partial charge in [0.2, 0.25) is 11.8 Å². The summed E-state index contributed by atoms with van der Waals surface area (Å²) in [6.07, 6.45) is 2.09. The van der Waals surface area contributed by atoms with Crippen LogP contribution < -0.4 is 10.6 Å². The van der Waals surface area contributed by atoms with E-state index >= 15 is 0 Å². The molecule has 2 amide bonds. The first-order valence-corrected chi connectivity index (χ1v) is 9.61. The van der Waals surface area contributed by atoms with Crippen molar-refractivity contribution in [3.63, 3.8) is 0 Å². The first kappa shape index (κ1) is 20.0. The van der Waals surface area contributed by atoms with Gasteiger partial charge >= 0.3 is 0 Å². The van der Waals surface area contributed by atoms with Crippen molar-refractivity contribution < 1.29 is 14.0 Å². The van der Waals surface area contributed by atoms with Gasteiger partial charge in [-0.15, -0.1) is 0 Å². The zero-order valence-electron chi connectivity index (χ0n) is 16.1. The summed E-state index contributed by atoms with van der Waals surface area (Å²) in [7, 11) is 0. The molecule has 1 fully saturated rings. The fraction of sp³-hybridized carbons (Fsp3) is 0.364. The lowest BCUT2D eigenvalue weighted by atomic mass is 10.1. The summed E-state index contributed by atoms with van der Waals surface area (Å²) < 4.78 is 14.3. The molecule has 28 heavy (non-hydrogen) atoms. The molecule has 148 valence electrons. The minimum atomic E-state index is -0.451. The predicted molar refractivity (Wildman–Crippen MR) is 107 cm³/mol. The van der Waals surface area contributed by atoms with Gasteiger partial charge in [-0.3, -0.25) is 14.5 Å². The van der Waals surface area contributed by atoms with E-state index in [1.54, 1.807) is 17.0 Å². The van der Waals surface area contributed by atoms with Crippen LogP contribution in [0.5, 0.6) is 0 Å². The quantitative estimate of drug-likeness (QED) is 0.723. The highest BCUT2D eigenvalue weighted by Gasteiger charge is 2.35. The number of anilines is 1. The molecule has 0 radical (unpaired) electrons. The molecule has 0 bridgehead atoms. The van der Waals surface area contributed by atoms with Crippen LogP contribution in [0.25, 0.3) is 0 Å². The number of carbonyl (C=O) groups is 2. The third kappa shape index (κ3) is 4.95. The molecule has 0 aliphatic heterocycles. The molecule has 2 aromatic carbocycles. The summed E-state index contributed by atoms with van der Waals surface area (Å²) in [6.45, 7) is 2.32. The topological polar surface area (TPSA) is 66.6 Å². The van der Waals surface area contributed by atoms with Crippen molar-refractivity contribution in [2.45, 2.75) is 38.3 Å². The second-order valence-corrected chi connectivity index (χ2v) is 7.20. The van der Waals surface area contributed by atoms with E-state index in [0.717, 1.165) is 18.5 Å². The second kappa shape index (κ2) is 8.97. The Morgan fingerprint density at radius 1 is 1.11 bits per heavy atom. The summed E-state index contributed by atoms with van der Waals surface area (Å²) in [4.78, 5) is 28.1. The van der Waals surface area contributed by atoms with Crippen LogP contribution in [0.15, 0.2) is 54.6 Å². The Kier molecular flexibility index (Phi) is 6.41. The van der Waals surface area contributed by atoms with Gasteiger partial charge in [0.05, 0.1) is 6.54 Å². The van der Waals surface area contributed by atoms with Gasteiger partial charge in [-0.2, -0.15) is 0 Å². The highest BCUT2D eigenvalue weighted by Crippen LogP contribution is 2.35. The third-order valence-electron chi connectivity index (χ3n) is 5.14. The van der Waals surface area contributed by atoms with E-state index in [1.807, 2.05) is 43.3 Å². The standard InChI is InChI=1S/C22H26FN3O2/c1-16(19-9-5-6-10-20(19)23)26(18-11-12-18)15-22(28)25(14-13-21(24)27)17-7-3-2-4-8-17/h2-10,16,18H,11-15H2,1H3,(H2,24,27). The SMILES string of the molecule is CC(c1ccccc1F)N(CC(=O)N(CCC(N)=O)c1ccccc1)C1CC1. The molecule has 1 unspecified atom stereocenters. The minimum Gasteiger partial charge on any atom is -0.370 e. The normalized spacial score (nSPS) is 14.7. The van der Waals surface area contributed by atoms with Gasteiger partial charge < -0.3 is 10.6 Å². The summed E-state index contributed by atoms with van der Waals surface area (Å²) in [5.74, 6) is -0.836. The molecule has 5 nitrogen and oxygen atoms in total. The number of benzene rings is 2. The first-order chi connectivity index (χ1) is 13.5. The molecule has 0 spiro atoms. The van der Waals surface area contributed by atoms with Gasteiger partial charge in [0.15, 0.2) is 0 Å². The number of nitrogens with zero attached hydrogens (tertiary/aromatic N) is 2. The average Bonchev–Trinajstić information content (AvgIpc) is 3.52. The molecular formula is C22H26FN3O2. The number of carbonyl (C=O) groups excluding carboxylic acids is 2. The zero-order valence-corrected chi connectivity index (χ0v) is 16.1. The molecule has 0 heterocycles. The molecule has 1 aliphatic rings. The van der Waals surface area contributed by atoms with Crippen LogP contribution in [0.4, 0.5) is 10.1 Å². The van der Waals surface area contributed by atoms with Crippen molar-refractivity contribution in [3.8, 4) is 0 Å². The molecule has 6 heteroatoms. The van der Waals surface area contributed by atoms with E-state index in [9.17, 15) is 14.0 Å². The third-order valence-corrected chi connectivity index (χ3v) is 5.14. The number of hydrogen-bond acceptors (Lipinski definition) is 3. The van der Waals surface area contributed by atoms with Gasteiger partial charge in [0.1, 0.15) is 5.82 Å². The fourth-order valence-electron chi connectivity index (χ4n) is 3.45. The molecule has 1 aliphatic carbocycles. The Morgan fingerprint density at radius 3 is 2.36 bits per heavy atom. The number of rotatable bonds is 9. The van der Waals surface area contributed by atoms with E-state index in [2.05, 4.69) is 4.90 Å². The summed E-state index contributed by atoms with van der Waals surface area (Å²) >= 11 is 0. The molecule has 1 saturated carbocycles. The molecule has 1 atom stereocenters. The van der Waals surface area contributed by atoms with Gasteiger partial charge in [-0.25, -0.2) is 4.39 Å². The minimum absolute atomic E-state index is 0.0902. The Hall–Kier alpha value is -2.73. The van der Waals surface area contributed by atoms with Crippen LogP contribution in [-0.4, -0.2) is 35.8 Å². The predicted octanol–water partition coefficient (Wildman–Crippen LogP) is 3.26. The van der Waals surface area contributed by atoms with Crippen LogP contribution in [0.3, 0.4) is 0 Å². The lowest BCUT2D eigenvalue weighted by Crippen LogP contribution is -2.43. The molecule has 2 aromatic rings. The van der Waals surface area contributed by atoms with Crippen molar-refractivity contribution in [1.82, 2.24) is 4.90 Å². The Bertz CT molecular complexity index is 824. The average molecular weight is 383 g/mol. The number of nitrogens with two attached hydrogens (primary N) is 1. The van der Waals surface area contributed by atoms with E-state index < -0.39 is 5.91 Å². The largest absolute Gasteiger partial charge is 0.370 e. The summed E-state index contributed by atoms with van der Waals surface area (Å²) in [6, 6.07) is 16.0. The van der Waals surface area contributed by atoms with E-state index in [4.69, 9.17) is 5.73 Å². The van der Waals surface area contributed by atoms with Crippen molar-refractivity contribution in [2.75, 3.05) is 18.0 Å². The van der Waals surface area contributed by atoms with Crippen molar-refractivity contribution >= 4 is 17.5 Å². The highest BCUT2D eigenvalue weighted by atomic mass is 19.1. The fourth-order valence-corrected chi connectivity index (χ4v) is 3.45. The smallest absolute Gasteiger partial charge is 0.241 e. The van der Waals surface area contributed by atoms with Gasteiger partial charge in [-0.1, -0.05) is 36.4 Å². The number of para-hydroxylation sites is 1. The van der Waals surface area contributed by atoms with Gasteiger partial charge in [0, 0.05) is 36.3 Å². The molecule has 0 saturated heterocycles. The number of hydrogen-bond donors (Lipinski definition) is 1. The van der Waals surface area contributed by atoms with Crippen LogP contribution in [0, 0.1) is 5.82 Å². The van der Waals surface area contributed by atoms with Gasteiger partial charge in [-0.05, 0) is 38.0 Å². The highest BCUT2D eigenvalue weighted by molar-refractivity contribution is 5.95. The zero-order chi connectivity index (χ0) is 20.1. The van der Waals surface area contributed by atoms with Crippen LogP contribution in [-0.2, 0) is 9.59 Å². The maximum absolute atomic E-state index is 14.3. The van der Waals surface area contributed by atoms with Crippen molar-refractivity contribution in [3.05, 3.63) is 66.0 Å². The molecule has 2 N–H and O–H groups in total. The maximum Gasteiger partial charge on any atom is 0.241 e. The van der Waals surface area contributed by atoms with Crippen LogP contribution in [0.2, 0.25) is 0 Å². The van der Waals surface area contributed by atoms with E-state index in [-0.39, 0.29) is 43.3 Å². The monoisotopic (exact) mass is 383 g/mol. The number of halogens is 1. The second-order valence-electron chi connectivity index (χ2n) is 7.20. The van der Waals surface area contributed by atoms with Crippen molar-refractivity contribution in [1.29, 1.82) is 0 Å². The lowest BCUT2D eigenvalue weighted by molar-refractivity contribution is -0.120. The van der Waals surface area contributed by atoms with E-state index in [1.165, 1.54) is 6.07 Å². The van der Waals surface area contributed by atoms with Crippen LogP contribution in [0.1, 0.15) is 37.8 Å². The number of amides is 2.